The molecular formula is C20H21N3O6. The molecule has 9 heteroatoms. The minimum absolute atomic E-state index is 0.0938. The van der Waals surface area contributed by atoms with Crippen molar-refractivity contribution in [3.63, 3.8) is 0 Å². The fourth-order valence-electron chi connectivity index (χ4n) is 3.31. The number of aliphatic hydroxyl groups excluding tert-OH is 1. The summed E-state index contributed by atoms with van der Waals surface area (Å²) in [5.41, 5.74) is -0.0321. The van der Waals surface area contributed by atoms with Crippen LogP contribution in [0.2, 0.25) is 0 Å². The summed E-state index contributed by atoms with van der Waals surface area (Å²) < 4.78 is 5.45. The normalized spacial score (nSPS) is 18.6. The van der Waals surface area contributed by atoms with Crippen LogP contribution in [0.1, 0.15) is 23.8 Å². The number of ketones is 1. The minimum atomic E-state index is -0.859. The lowest BCUT2D eigenvalue weighted by molar-refractivity contribution is -0.384. The molecule has 1 atom stereocenters. The molecule has 9 nitrogen and oxygen atoms in total. The Morgan fingerprint density at radius 1 is 1.24 bits per heavy atom. The summed E-state index contributed by atoms with van der Waals surface area (Å²) in [5.74, 6) is -1.56. The quantitative estimate of drug-likeness (QED) is 0.250. The highest BCUT2D eigenvalue weighted by Crippen LogP contribution is 2.39. The number of nitrogens with zero attached hydrogens (tertiary/aromatic N) is 3. The van der Waals surface area contributed by atoms with Crippen LogP contribution in [0.5, 0.6) is 0 Å². The van der Waals surface area contributed by atoms with Crippen molar-refractivity contribution in [1.29, 1.82) is 0 Å². The lowest BCUT2D eigenvalue weighted by Gasteiger charge is -2.23. The second-order valence-corrected chi connectivity index (χ2v) is 6.97. The van der Waals surface area contributed by atoms with Crippen LogP contribution in [0.3, 0.4) is 0 Å². The molecule has 0 bridgehead atoms. The van der Waals surface area contributed by atoms with E-state index in [1.54, 1.807) is 12.1 Å². The number of aliphatic hydroxyl groups is 1. The highest BCUT2D eigenvalue weighted by Gasteiger charge is 2.47. The van der Waals surface area contributed by atoms with Crippen LogP contribution in [-0.2, 0) is 9.59 Å². The van der Waals surface area contributed by atoms with Gasteiger partial charge in [0.25, 0.3) is 17.4 Å². The summed E-state index contributed by atoms with van der Waals surface area (Å²) in [5, 5.41) is 21.6. The molecule has 0 spiro atoms. The second-order valence-electron chi connectivity index (χ2n) is 6.97. The molecule has 29 heavy (non-hydrogen) atoms. The largest absolute Gasteiger partial charge is 0.507 e. The Balaban J connectivity index is 2.02. The first kappa shape index (κ1) is 20.3. The molecule has 1 unspecified atom stereocenters. The number of rotatable bonds is 7. The predicted octanol–water partition coefficient (Wildman–Crippen LogP) is 2.56. The van der Waals surface area contributed by atoms with Crippen LogP contribution < -0.4 is 0 Å². The van der Waals surface area contributed by atoms with E-state index < -0.39 is 28.4 Å². The van der Waals surface area contributed by atoms with E-state index in [0.29, 0.717) is 18.7 Å². The third kappa shape index (κ3) is 4.04. The number of non-ortho nitro benzene ring substituents is 1. The fraction of sp³-hybridized carbons (Fsp3) is 0.300. The van der Waals surface area contributed by atoms with Crippen LogP contribution in [0, 0.1) is 10.1 Å². The van der Waals surface area contributed by atoms with Crippen LogP contribution in [-0.4, -0.2) is 58.7 Å². The van der Waals surface area contributed by atoms with Gasteiger partial charge < -0.3 is 19.3 Å². The molecule has 1 aromatic heterocycles. The van der Waals surface area contributed by atoms with Crippen molar-refractivity contribution in [3.05, 3.63) is 69.7 Å². The highest BCUT2D eigenvalue weighted by molar-refractivity contribution is 6.46. The van der Waals surface area contributed by atoms with Gasteiger partial charge in [-0.15, -0.1) is 0 Å². The molecule has 152 valence electrons. The van der Waals surface area contributed by atoms with Gasteiger partial charge in [-0.1, -0.05) is 0 Å². The Kier molecular flexibility index (Phi) is 5.79. The van der Waals surface area contributed by atoms with Gasteiger partial charge in [0.05, 0.1) is 16.8 Å². The fourth-order valence-corrected chi connectivity index (χ4v) is 3.31. The van der Waals surface area contributed by atoms with Crippen LogP contribution >= 0.6 is 0 Å². The molecular weight excluding hydrogens is 378 g/mol. The predicted molar refractivity (Wildman–Crippen MR) is 104 cm³/mol. The van der Waals surface area contributed by atoms with Gasteiger partial charge in [-0.05, 0) is 51.3 Å². The zero-order chi connectivity index (χ0) is 21.1. The van der Waals surface area contributed by atoms with Crippen molar-refractivity contribution in [2.24, 2.45) is 0 Å². The first-order valence-corrected chi connectivity index (χ1v) is 9.02. The lowest BCUT2D eigenvalue weighted by atomic mass is 9.99. The molecule has 1 aromatic carbocycles. The molecule has 1 aliphatic heterocycles. The first-order chi connectivity index (χ1) is 13.8. The molecule has 1 aliphatic rings. The summed E-state index contributed by atoms with van der Waals surface area (Å²) in [7, 11) is 3.82. The van der Waals surface area contributed by atoms with E-state index in [-0.39, 0.29) is 16.8 Å². The van der Waals surface area contributed by atoms with E-state index in [0.717, 1.165) is 6.54 Å². The van der Waals surface area contributed by atoms with E-state index >= 15 is 0 Å². The topological polar surface area (TPSA) is 117 Å². The van der Waals surface area contributed by atoms with Gasteiger partial charge >= 0.3 is 0 Å². The van der Waals surface area contributed by atoms with Crippen molar-refractivity contribution < 1.29 is 24.0 Å². The van der Waals surface area contributed by atoms with E-state index in [1.165, 1.54) is 35.4 Å². The Labute approximate surface area is 167 Å². The smallest absolute Gasteiger partial charge is 0.295 e. The second kappa shape index (κ2) is 8.27. The first-order valence-electron chi connectivity index (χ1n) is 9.02. The van der Waals surface area contributed by atoms with Crippen molar-refractivity contribution in [3.8, 4) is 0 Å². The third-order valence-electron chi connectivity index (χ3n) is 4.71. The maximum Gasteiger partial charge on any atom is 0.295 e. The Bertz CT molecular complexity index is 947. The van der Waals surface area contributed by atoms with E-state index in [1.807, 2.05) is 19.0 Å². The van der Waals surface area contributed by atoms with Crippen LogP contribution in [0.25, 0.3) is 5.76 Å². The number of Topliss-reactive ketones (excluding diaryl/α,β-unsaturated/α-hetero) is 1. The van der Waals surface area contributed by atoms with Crippen molar-refractivity contribution in [2.45, 2.75) is 12.5 Å². The number of benzene rings is 1. The van der Waals surface area contributed by atoms with Gasteiger partial charge in [0.15, 0.2) is 0 Å². The van der Waals surface area contributed by atoms with Crippen molar-refractivity contribution in [1.82, 2.24) is 9.80 Å². The number of carbonyl (C=O) groups excluding carboxylic acids is 2. The lowest BCUT2D eigenvalue weighted by Crippen LogP contribution is -2.32. The summed E-state index contributed by atoms with van der Waals surface area (Å²) in [4.78, 5) is 39.0. The molecule has 0 saturated carbocycles. The van der Waals surface area contributed by atoms with Gasteiger partial charge in [-0.3, -0.25) is 19.7 Å². The van der Waals surface area contributed by atoms with E-state index in [2.05, 4.69) is 0 Å². The van der Waals surface area contributed by atoms with Crippen molar-refractivity contribution in [2.75, 3.05) is 27.2 Å². The number of nitro groups is 1. The van der Waals surface area contributed by atoms with Gasteiger partial charge in [0.1, 0.15) is 17.6 Å². The minimum Gasteiger partial charge on any atom is -0.507 e. The van der Waals surface area contributed by atoms with Gasteiger partial charge in [0.2, 0.25) is 0 Å². The van der Waals surface area contributed by atoms with Gasteiger partial charge in [-0.25, -0.2) is 0 Å². The van der Waals surface area contributed by atoms with Crippen LogP contribution in [0.4, 0.5) is 5.69 Å². The summed E-state index contributed by atoms with van der Waals surface area (Å²) in [6, 6.07) is 7.55. The number of amides is 1. The molecule has 2 aromatic rings. The van der Waals surface area contributed by atoms with E-state index in [4.69, 9.17) is 4.42 Å². The maximum absolute atomic E-state index is 12.7. The molecule has 1 N–H and O–H groups in total. The molecule has 1 saturated heterocycles. The zero-order valence-corrected chi connectivity index (χ0v) is 16.1. The molecule has 3 rings (SSSR count). The molecule has 0 aliphatic carbocycles. The Morgan fingerprint density at radius 2 is 1.93 bits per heavy atom. The third-order valence-corrected chi connectivity index (χ3v) is 4.71. The number of nitro benzene ring substituents is 1. The monoisotopic (exact) mass is 399 g/mol. The van der Waals surface area contributed by atoms with Gasteiger partial charge in [0, 0.05) is 24.2 Å². The highest BCUT2D eigenvalue weighted by atomic mass is 16.6. The summed E-state index contributed by atoms with van der Waals surface area (Å²) in [6.45, 7) is 1.03. The molecule has 1 amide bonds. The molecule has 0 radical (unpaired) electrons. The Morgan fingerprint density at radius 3 is 2.48 bits per heavy atom. The van der Waals surface area contributed by atoms with Crippen LogP contribution in [0.15, 0.2) is 52.7 Å². The number of carbonyl (C=O) groups is 2. The zero-order valence-electron chi connectivity index (χ0n) is 16.1. The standard InChI is InChI=1S/C20H21N3O6/c1-21(2)10-4-11-22-17(15-5-3-12-29-15)16(19(25)20(22)26)18(24)13-6-8-14(9-7-13)23(27)28/h3,5-9,12,17,24H,4,10-11H2,1-2H3/b18-16-. The number of hydrogen-bond donors (Lipinski definition) is 1. The van der Waals surface area contributed by atoms with Crippen molar-refractivity contribution >= 4 is 23.1 Å². The van der Waals surface area contributed by atoms with E-state index in [9.17, 15) is 24.8 Å². The Hall–Kier alpha value is -3.46. The average Bonchev–Trinajstić information content (AvgIpc) is 3.29. The number of hydrogen-bond acceptors (Lipinski definition) is 7. The number of furan rings is 1. The SMILES string of the molecule is CN(C)CCCN1C(=O)C(=O)/C(=C(\O)c2ccc([N+](=O)[O-])cc2)C1c1ccco1. The average molecular weight is 399 g/mol. The summed E-state index contributed by atoms with van der Waals surface area (Å²) >= 11 is 0. The molecule has 2 heterocycles. The summed E-state index contributed by atoms with van der Waals surface area (Å²) in [6.07, 6.45) is 2.07. The maximum atomic E-state index is 12.7. The molecule has 1 fully saturated rings. The van der Waals surface area contributed by atoms with Gasteiger partial charge in [-0.2, -0.15) is 0 Å². The number of likely N-dealkylation sites (tertiary alicyclic amines) is 1.